The molecule has 2 aliphatic heterocycles. The molecule has 0 radical (unpaired) electrons. The molecule has 0 bridgehead atoms. The van der Waals surface area contributed by atoms with Crippen LogP contribution in [0.4, 0.5) is 8.78 Å². The van der Waals surface area contributed by atoms with Crippen molar-refractivity contribution in [2.45, 2.75) is 30.7 Å². The van der Waals surface area contributed by atoms with Gasteiger partial charge >= 0.3 is 0 Å². The van der Waals surface area contributed by atoms with Crippen LogP contribution < -0.4 is 0 Å². The van der Waals surface area contributed by atoms with Crippen LogP contribution in [0.1, 0.15) is 41.1 Å². The lowest BCUT2D eigenvalue weighted by atomic mass is 9.81. The van der Waals surface area contributed by atoms with Gasteiger partial charge < -0.3 is 9.80 Å². The fourth-order valence-electron chi connectivity index (χ4n) is 4.52. The molecule has 2 amide bonds. The Kier molecular flexibility index (Phi) is 4.65. The number of rotatable bonds is 2. The Morgan fingerprint density at radius 3 is 2.39 bits per heavy atom. The summed E-state index contributed by atoms with van der Waals surface area (Å²) in [4.78, 5) is 28.9. The summed E-state index contributed by atoms with van der Waals surface area (Å²) in [6.07, 6.45) is 2.01. The van der Waals surface area contributed by atoms with Gasteiger partial charge in [-0.1, -0.05) is 30.3 Å². The lowest BCUT2D eigenvalue weighted by molar-refractivity contribution is -0.131. The van der Waals surface area contributed by atoms with E-state index in [4.69, 9.17) is 0 Å². The van der Waals surface area contributed by atoms with Gasteiger partial charge in [-0.2, -0.15) is 0 Å². The molecule has 1 spiro atoms. The fraction of sp³-hybridized carbons (Fsp3) is 0.364. The highest BCUT2D eigenvalue weighted by Gasteiger charge is 2.50. The quantitative estimate of drug-likeness (QED) is 0.794. The molecule has 0 aliphatic carbocycles. The highest BCUT2D eigenvalue weighted by Crippen LogP contribution is 2.45. The first kappa shape index (κ1) is 18.6. The van der Waals surface area contributed by atoms with Crippen molar-refractivity contribution in [3.63, 3.8) is 0 Å². The summed E-state index contributed by atoms with van der Waals surface area (Å²) in [7, 11) is 1.84. The maximum absolute atomic E-state index is 14.0. The second-order valence-corrected chi connectivity index (χ2v) is 7.71. The maximum atomic E-state index is 14.0. The minimum Gasteiger partial charge on any atom is -0.339 e. The summed E-state index contributed by atoms with van der Waals surface area (Å²) >= 11 is 0. The Labute approximate surface area is 162 Å². The number of piperidine rings is 1. The lowest BCUT2D eigenvalue weighted by Crippen LogP contribution is -2.52. The van der Waals surface area contributed by atoms with E-state index in [1.165, 1.54) is 6.07 Å². The van der Waals surface area contributed by atoms with Crippen molar-refractivity contribution in [2.75, 3.05) is 20.1 Å². The average molecular weight is 384 g/mol. The number of amides is 2. The van der Waals surface area contributed by atoms with E-state index in [1.807, 2.05) is 42.3 Å². The number of carbonyl (C=O) groups is 2. The van der Waals surface area contributed by atoms with Crippen LogP contribution in [0.5, 0.6) is 0 Å². The van der Waals surface area contributed by atoms with Gasteiger partial charge in [-0.15, -0.1) is 0 Å². The van der Waals surface area contributed by atoms with Gasteiger partial charge in [-0.25, -0.2) is 8.78 Å². The first-order valence-corrected chi connectivity index (χ1v) is 9.48. The Morgan fingerprint density at radius 1 is 1.07 bits per heavy atom. The monoisotopic (exact) mass is 384 g/mol. The lowest BCUT2D eigenvalue weighted by Gasteiger charge is -2.43. The zero-order valence-electron chi connectivity index (χ0n) is 15.7. The van der Waals surface area contributed by atoms with Crippen LogP contribution in [0.2, 0.25) is 0 Å². The Hall–Kier alpha value is -2.76. The van der Waals surface area contributed by atoms with Gasteiger partial charge in [0.25, 0.3) is 5.91 Å². The summed E-state index contributed by atoms with van der Waals surface area (Å²) in [5, 5.41) is 0. The molecule has 0 N–H and O–H groups in total. The molecular formula is C22H22F2N2O2. The number of likely N-dealkylation sites (tertiary alicyclic amines) is 2. The first-order chi connectivity index (χ1) is 13.4. The van der Waals surface area contributed by atoms with Crippen molar-refractivity contribution in [2.24, 2.45) is 0 Å². The van der Waals surface area contributed by atoms with E-state index in [0.717, 1.165) is 24.1 Å². The average Bonchev–Trinajstić information content (AvgIpc) is 2.94. The number of hydrogen-bond acceptors (Lipinski definition) is 2. The summed E-state index contributed by atoms with van der Waals surface area (Å²) in [5.74, 6) is -2.04. The van der Waals surface area contributed by atoms with E-state index in [0.29, 0.717) is 25.9 Å². The van der Waals surface area contributed by atoms with Gasteiger partial charge in [0.1, 0.15) is 11.6 Å². The van der Waals surface area contributed by atoms with Gasteiger partial charge in [0.15, 0.2) is 0 Å². The standard InChI is InChI=1S/C22H22F2N2O2/c1-25-20(27)18(15-5-3-2-4-6-15)14-22(25)9-11-26(12-10-22)21(28)17-8-7-16(23)13-19(17)24/h2-8,13,18H,9-12,14H2,1H3. The molecule has 2 fully saturated rings. The van der Waals surface area contributed by atoms with Gasteiger partial charge in [0.05, 0.1) is 11.5 Å². The third-order valence-corrected chi connectivity index (χ3v) is 6.27. The predicted molar refractivity (Wildman–Crippen MR) is 101 cm³/mol. The fourth-order valence-corrected chi connectivity index (χ4v) is 4.52. The van der Waals surface area contributed by atoms with Gasteiger partial charge in [-0.3, -0.25) is 9.59 Å². The molecule has 146 valence electrons. The van der Waals surface area contributed by atoms with Crippen LogP contribution in [-0.2, 0) is 4.79 Å². The van der Waals surface area contributed by atoms with Crippen molar-refractivity contribution in [1.29, 1.82) is 0 Å². The Morgan fingerprint density at radius 2 is 1.75 bits per heavy atom. The highest BCUT2D eigenvalue weighted by molar-refractivity contribution is 5.94. The molecule has 2 aromatic rings. The highest BCUT2D eigenvalue weighted by atomic mass is 19.1. The number of carbonyl (C=O) groups excluding carboxylic acids is 2. The number of benzene rings is 2. The van der Waals surface area contributed by atoms with E-state index >= 15 is 0 Å². The zero-order valence-corrected chi connectivity index (χ0v) is 15.7. The van der Waals surface area contributed by atoms with E-state index in [1.54, 1.807) is 4.90 Å². The second-order valence-electron chi connectivity index (χ2n) is 7.71. The van der Waals surface area contributed by atoms with Gasteiger partial charge in [-0.05, 0) is 37.0 Å². The second kappa shape index (κ2) is 7.00. The molecule has 2 aromatic carbocycles. The topological polar surface area (TPSA) is 40.6 Å². The van der Waals surface area contributed by atoms with Crippen molar-refractivity contribution in [3.05, 3.63) is 71.3 Å². The van der Waals surface area contributed by atoms with Gasteiger partial charge in [0.2, 0.25) is 5.91 Å². The molecule has 2 saturated heterocycles. The van der Waals surface area contributed by atoms with E-state index in [2.05, 4.69) is 0 Å². The van der Waals surface area contributed by atoms with E-state index < -0.39 is 17.5 Å². The smallest absolute Gasteiger partial charge is 0.256 e. The van der Waals surface area contributed by atoms with Crippen LogP contribution in [0.3, 0.4) is 0 Å². The molecule has 28 heavy (non-hydrogen) atoms. The van der Waals surface area contributed by atoms with Crippen molar-refractivity contribution in [1.82, 2.24) is 9.80 Å². The number of likely N-dealkylation sites (N-methyl/N-ethyl adjacent to an activating group) is 1. The number of nitrogens with zero attached hydrogens (tertiary/aromatic N) is 2. The summed E-state index contributed by atoms with van der Waals surface area (Å²) < 4.78 is 27.1. The minimum atomic E-state index is -0.845. The molecule has 1 atom stereocenters. The molecule has 4 rings (SSSR count). The molecule has 2 heterocycles. The predicted octanol–water partition coefficient (Wildman–Crippen LogP) is 3.59. The molecule has 6 heteroatoms. The van der Waals surface area contributed by atoms with E-state index in [9.17, 15) is 18.4 Å². The largest absolute Gasteiger partial charge is 0.339 e. The zero-order chi connectivity index (χ0) is 19.9. The van der Waals surface area contributed by atoms with Crippen molar-refractivity contribution >= 4 is 11.8 Å². The Bertz CT molecular complexity index is 908. The summed E-state index contributed by atoms with van der Waals surface area (Å²) in [6, 6.07) is 12.8. The van der Waals surface area contributed by atoms with Crippen molar-refractivity contribution < 1.29 is 18.4 Å². The SMILES string of the molecule is CN1C(=O)C(c2ccccc2)CC12CCN(C(=O)c1ccc(F)cc1F)CC2. The molecule has 4 nitrogen and oxygen atoms in total. The van der Waals surface area contributed by atoms with Crippen LogP contribution in [0.25, 0.3) is 0 Å². The minimum absolute atomic E-state index is 0.107. The number of halogens is 2. The third kappa shape index (κ3) is 3.07. The molecule has 1 unspecified atom stereocenters. The molecule has 2 aliphatic rings. The third-order valence-electron chi connectivity index (χ3n) is 6.27. The molecule has 0 aromatic heterocycles. The first-order valence-electron chi connectivity index (χ1n) is 9.48. The van der Waals surface area contributed by atoms with Gasteiger partial charge in [0, 0.05) is 31.7 Å². The maximum Gasteiger partial charge on any atom is 0.256 e. The van der Waals surface area contributed by atoms with Crippen molar-refractivity contribution in [3.8, 4) is 0 Å². The molecule has 0 saturated carbocycles. The number of hydrogen-bond donors (Lipinski definition) is 0. The van der Waals surface area contributed by atoms with Crippen LogP contribution in [0.15, 0.2) is 48.5 Å². The summed E-state index contributed by atoms with van der Waals surface area (Å²) in [6.45, 7) is 0.879. The Balaban J connectivity index is 1.49. The van der Waals surface area contributed by atoms with Crippen LogP contribution in [-0.4, -0.2) is 47.3 Å². The van der Waals surface area contributed by atoms with Crippen LogP contribution >= 0.6 is 0 Å². The molecular weight excluding hydrogens is 362 g/mol. The summed E-state index contributed by atoms with van der Waals surface area (Å²) in [5.41, 5.74) is 0.619. The van der Waals surface area contributed by atoms with E-state index in [-0.39, 0.29) is 22.9 Å². The van der Waals surface area contributed by atoms with Crippen LogP contribution in [0, 0.1) is 11.6 Å². The normalized spacial score (nSPS) is 21.4.